The number of amides is 3. The van der Waals surface area contributed by atoms with Gasteiger partial charge in [0.15, 0.2) is 0 Å². The van der Waals surface area contributed by atoms with Crippen LogP contribution in [0.1, 0.15) is 0 Å². The van der Waals surface area contributed by atoms with Crippen LogP contribution >= 0.6 is 0 Å². The third kappa shape index (κ3) is 4.40. The van der Waals surface area contributed by atoms with Gasteiger partial charge >= 0.3 is 6.03 Å². The molecule has 3 rings (SSSR count). The van der Waals surface area contributed by atoms with E-state index in [1.807, 2.05) is 4.90 Å². The molecule has 9 nitrogen and oxygen atoms in total. The molecule has 1 aliphatic rings. The summed E-state index contributed by atoms with van der Waals surface area (Å²) < 4.78 is 6.47. The number of carbonyl (C=O) groups is 2. The lowest BCUT2D eigenvalue weighted by molar-refractivity contribution is -0.122. The molecule has 0 saturated carbocycles. The predicted octanol–water partition coefficient (Wildman–Crippen LogP) is -0.488. The number of fused-ring (bicyclic) bond motifs is 1. The molecule has 0 atom stereocenters. The standard InChI is InChI=1S/C16H19N5O4/c22-14(9-20-5-7-25-8-6-20)19-16(24)18-11-21-10-17-13-4-2-1-3-12(13)15(21)23/h1-4,10H,5-9,11H2,(H2,18,19,22,24). The van der Waals surface area contributed by atoms with E-state index in [9.17, 15) is 14.4 Å². The van der Waals surface area contributed by atoms with Crippen LogP contribution < -0.4 is 16.2 Å². The van der Waals surface area contributed by atoms with Crippen LogP contribution in [0.5, 0.6) is 0 Å². The van der Waals surface area contributed by atoms with Crippen molar-refractivity contribution in [2.75, 3.05) is 32.8 Å². The number of morpholine rings is 1. The largest absolute Gasteiger partial charge is 0.379 e. The number of aromatic nitrogens is 2. The number of carbonyl (C=O) groups excluding carboxylic acids is 2. The van der Waals surface area contributed by atoms with Gasteiger partial charge in [-0.1, -0.05) is 12.1 Å². The fourth-order valence-corrected chi connectivity index (χ4v) is 2.55. The van der Waals surface area contributed by atoms with Crippen molar-refractivity contribution in [3.05, 3.63) is 40.9 Å². The minimum absolute atomic E-state index is 0.0761. The third-order valence-electron chi connectivity index (χ3n) is 3.87. The van der Waals surface area contributed by atoms with Crippen LogP contribution in [0.15, 0.2) is 35.4 Å². The summed E-state index contributed by atoms with van der Waals surface area (Å²) in [5.74, 6) is -0.400. The van der Waals surface area contributed by atoms with Crippen molar-refractivity contribution in [1.29, 1.82) is 0 Å². The molecule has 1 saturated heterocycles. The first kappa shape index (κ1) is 17.1. The highest BCUT2D eigenvalue weighted by Crippen LogP contribution is 2.04. The molecule has 3 amide bonds. The van der Waals surface area contributed by atoms with Gasteiger partial charge in [0, 0.05) is 13.1 Å². The number of para-hydroxylation sites is 1. The Kier molecular flexibility index (Phi) is 5.36. The average molecular weight is 345 g/mol. The summed E-state index contributed by atoms with van der Waals surface area (Å²) in [5.41, 5.74) is 0.333. The molecule has 9 heteroatoms. The van der Waals surface area contributed by atoms with Crippen molar-refractivity contribution in [2.24, 2.45) is 0 Å². The molecule has 0 radical (unpaired) electrons. The van der Waals surface area contributed by atoms with Gasteiger partial charge in [0.1, 0.15) is 6.67 Å². The predicted molar refractivity (Wildman–Crippen MR) is 89.9 cm³/mol. The Bertz CT molecular complexity index is 829. The second-order valence-electron chi connectivity index (χ2n) is 5.64. The van der Waals surface area contributed by atoms with E-state index in [4.69, 9.17) is 4.74 Å². The van der Waals surface area contributed by atoms with Crippen molar-refractivity contribution in [2.45, 2.75) is 6.67 Å². The molecule has 1 aromatic heterocycles. The number of hydrogen-bond donors (Lipinski definition) is 2. The molecule has 2 heterocycles. The molecule has 0 bridgehead atoms. The minimum atomic E-state index is -0.654. The first-order chi connectivity index (χ1) is 12.1. The molecule has 1 aromatic carbocycles. The first-order valence-electron chi connectivity index (χ1n) is 7.95. The number of ether oxygens (including phenoxy) is 1. The summed E-state index contributed by atoms with van der Waals surface area (Å²) in [6.07, 6.45) is 1.36. The number of nitrogens with zero attached hydrogens (tertiary/aromatic N) is 3. The lowest BCUT2D eigenvalue weighted by atomic mass is 10.2. The van der Waals surface area contributed by atoms with E-state index >= 15 is 0 Å². The van der Waals surface area contributed by atoms with E-state index in [1.54, 1.807) is 24.3 Å². The van der Waals surface area contributed by atoms with E-state index in [0.29, 0.717) is 37.2 Å². The van der Waals surface area contributed by atoms with Crippen molar-refractivity contribution in [3.8, 4) is 0 Å². The normalized spacial score (nSPS) is 15.0. The van der Waals surface area contributed by atoms with Crippen LogP contribution in [0.2, 0.25) is 0 Å². The van der Waals surface area contributed by atoms with Crippen molar-refractivity contribution < 1.29 is 14.3 Å². The van der Waals surface area contributed by atoms with E-state index in [2.05, 4.69) is 15.6 Å². The van der Waals surface area contributed by atoms with Gasteiger partial charge in [-0.2, -0.15) is 0 Å². The number of benzene rings is 1. The van der Waals surface area contributed by atoms with Gasteiger partial charge in [0.2, 0.25) is 5.91 Å². The molecule has 2 N–H and O–H groups in total. The summed E-state index contributed by atoms with van der Waals surface area (Å²) in [6, 6.07) is 6.31. The minimum Gasteiger partial charge on any atom is -0.379 e. The fourth-order valence-electron chi connectivity index (χ4n) is 2.55. The summed E-state index contributed by atoms with van der Waals surface area (Å²) in [6.45, 7) is 2.54. The molecule has 2 aromatic rings. The maximum atomic E-state index is 12.3. The lowest BCUT2D eigenvalue weighted by Gasteiger charge is -2.25. The highest BCUT2D eigenvalue weighted by atomic mass is 16.5. The van der Waals surface area contributed by atoms with Crippen LogP contribution in [0.3, 0.4) is 0 Å². The fraction of sp³-hybridized carbons (Fsp3) is 0.375. The summed E-state index contributed by atoms with van der Waals surface area (Å²) in [5, 5.41) is 5.20. The Balaban J connectivity index is 1.52. The quantitative estimate of drug-likeness (QED) is 0.775. The van der Waals surface area contributed by atoms with E-state index in [0.717, 1.165) is 0 Å². The monoisotopic (exact) mass is 345 g/mol. The van der Waals surface area contributed by atoms with Crippen LogP contribution in [0.25, 0.3) is 10.9 Å². The zero-order valence-corrected chi connectivity index (χ0v) is 13.6. The van der Waals surface area contributed by atoms with Crippen molar-refractivity contribution in [3.63, 3.8) is 0 Å². The third-order valence-corrected chi connectivity index (χ3v) is 3.87. The zero-order chi connectivity index (χ0) is 17.6. The summed E-state index contributed by atoms with van der Waals surface area (Å²) >= 11 is 0. The molecular weight excluding hydrogens is 326 g/mol. The number of urea groups is 1. The van der Waals surface area contributed by atoms with Crippen LogP contribution in [-0.4, -0.2) is 59.2 Å². The molecule has 0 spiro atoms. The molecular formula is C16H19N5O4. The Hall–Kier alpha value is -2.78. The number of nitrogens with one attached hydrogen (secondary N) is 2. The van der Waals surface area contributed by atoms with Crippen LogP contribution in [0, 0.1) is 0 Å². The van der Waals surface area contributed by atoms with Gasteiger partial charge in [-0.15, -0.1) is 0 Å². The van der Waals surface area contributed by atoms with Gasteiger partial charge in [0.25, 0.3) is 5.56 Å². The molecule has 1 aliphatic heterocycles. The van der Waals surface area contributed by atoms with E-state index in [-0.39, 0.29) is 18.8 Å². The molecule has 1 fully saturated rings. The number of rotatable bonds is 4. The van der Waals surface area contributed by atoms with Crippen molar-refractivity contribution in [1.82, 2.24) is 25.1 Å². The SMILES string of the molecule is O=C(CN1CCOCC1)NC(=O)NCn1cnc2ccccc2c1=O. The highest BCUT2D eigenvalue weighted by Gasteiger charge is 2.15. The maximum absolute atomic E-state index is 12.3. The first-order valence-corrected chi connectivity index (χ1v) is 7.95. The van der Waals surface area contributed by atoms with Crippen LogP contribution in [-0.2, 0) is 16.2 Å². The van der Waals surface area contributed by atoms with E-state index in [1.165, 1.54) is 10.9 Å². The maximum Gasteiger partial charge on any atom is 0.322 e. The molecule has 0 unspecified atom stereocenters. The molecule has 132 valence electrons. The summed E-state index contributed by atoms with van der Waals surface area (Å²) in [4.78, 5) is 42.0. The Labute approximate surface area is 143 Å². The van der Waals surface area contributed by atoms with Gasteiger partial charge in [-0.25, -0.2) is 9.78 Å². The second-order valence-corrected chi connectivity index (χ2v) is 5.64. The number of imide groups is 1. The van der Waals surface area contributed by atoms with E-state index < -0.39 is 11.9 Å². The molecule has 0 aliphatic carbocycles. The lowest BCUT2D eigenvalue weighted by Crippen LogP contribution is -2.47. The molecule has 25 heavy (non-hydrogen) atoms. The Morgan fingerprint density at radius 1 is 1.20 bits per heavy atom. The number of hydrogen-bond acceptors (Lipinski definition) is 6. The Morgan fingerprint density at radius 3 is 2.76 bits per heavy atom. The highest BCUT2D eigenvalue weighted by molar-refractivity contribution is 5.95. The van der Waals surface area contributed by atoms with Gasteiger partial charge in [-0.05, 0) is 12.1 Å². The van der Waals surface area contributed by atoms with Gasteiger partial charge in [0.05, 0.1) is 37.0 Å². The van der Waals surface area contributed by atoms with Gasteiger partial charge < -0.3 is 10.1 Å². The smallest absolute Gasteiger partial charge is 0.322 e. The van der Waals surface area contributed by atoms with Crippen molar-refractivity contribution >= 4 is 22.8 Å². The van der Waals surface area contributed by atoms with Crippen LogP contribution in [0.4, 0.5) is 4.79 Å². The zero-order valence-electron chi connectivity index (χ0n) is 13.6. The Morgan fingerprint density at radius 2 is 1.96 bits per heavy atom. The topological polar surface area (TPSA) is 106 Å². The average Bonchev–Trinajstić information content (AvgIpc) is 2.62. The summed E-state index contributed by atoms with van der Waals surface area (Å²) in [7, 11) is 0. The van der Waals surface area contributed by atoms with Gasteiger partial charge in [-0.3, -0.25) is 24.4 Å². The second kappa shape index (κ2) is 7.86.